The van der Waals surface area contributed by atoms with Gasteiger partial charge in [0.05, 0.1) is 13.2 Å². The second kappa shape index (κ2) is 8.71. The van der Waals surface area contributed by atoms with Crippen molar-refractivity contribution < 1.29 is 14.3 Å². The fraction of sp³-hybridized carbons (Fsp3) is 0.364. The Morgan fingerprint density at radius 2 is 1.96 bits per heavy atom. The zero-order chi connectivity index (χ0) is 19.2. The van der Waals surface area contributed by atoms with Crippen molar-refractivity contribution in [3.8, 4) is 5.75 Å². The fourth-order valence-corrected chi connectivity index (χ4v) is 3.66. The van der Waals surface area contributed by atoms with Crippen molar-refractivity contribution in [1.82, 2.24) is 10.2 Å². The van der Waals surface area contributed by atoms with E-state index in [2.05, 4.69) is 29.6 Å². The number of hydrogen-bond donors (Lipinski definition) is 1. The molecule has 2 amide bonds. The maximum Gasteiger partial charge on any atom is 0.224 e. The Kier molecular flexibility index (Phi) is 6.12. The predicted octanol–water partition coefficient (Wildman–Crippen LogP) is 2.89. The van der Waals surface area contributed by atoms with E-state index in [0.717, 1.165) is 18.6 Å². The molecule has 0 saturated heterocycles. The molecule has 0 fully saturated rings. The monoisotopic (exact) mass is 366 g/mol. The number of rotatable bonds is 6. The van der Waals surface area contributed by atoms with Crippen LogP contribution < -0.4 is 10.1 Å². The molecule has 0 spiro atoms. The fourth-order valence-electron chi connectivity index (χ4n) is 3.66. The summed E-state index contributed by atoms with van der Waals surface area (Å²) in [5.74, 6) is 0.809. The number of carbonyl (C=O) groups is 2. The second-order valence-corrected chi connectivity index (χ2v) is 6.84. The second-order valence-electron chi connectivity index (χ2n) is 6.84. The van der Waals surface area contributed by atoms with E-state index in [-0.39, 0.29) is 17.9 Å². The van der Waals surface area contributed by atoms with E-state index in [0.29, 0.717) is 19.5 Å². The minimum Gasteiger partial charge on any atom is -0.497 e. The summed E-state index contributed by atoms with van der Waals surface area (Å²) in [5.41, 5.74) is 3.62. The van der Waals surface area contributed by atoms with E-state index >= 15 is 0 Å². The summed E-state index contributed by atoms with van der Waals surface area (Å²) in [6, 6.07) is 16.3. The lowest BCUT2D eigenvalue weighted by molar-refractivity contribution is -0.134. The van der Waals surface area contributed by atoms with Crippen molar-refractivity contribution in [2.24, 2.45) is 0 Å². The van der Waals surface area contributed by atoms with Gasteiger partial charge >= 0.3 is 0 Å². The first-order valence-electron chi connectivity index (χ1n) is 9.33. The predicted molar refractivity (Wildman–Crippen MR) is 105 cm³/mol. The number of amides is 2. The molecule has 5 heteroatoms. The van der Waals surface area contributed by atoms with Crippen molar-refractivity contribution in [2.45, 2.75) is 32.2 Å². The average molecular weight is 366 g/mol. The van der Waals surface area contributed by atoms with Crippen LogP contribution in [0.15, 0.2) is 48.5 Å². The van der Waals surface area contributed by atoms with Gasteiger partial charge in [-0.3, -0.25) is 9.59 Å². The van der Waals surface area contributed by atoms with Crippen LogP contribution in [-0.4, -0.2) is 36.9 Å². The number of benzene rings is 2. The Bertz CT molecular complexity index is 804. The molecular formula is C22H26N2O3. The Labute approximate surface area is 160 Å². The molecule has 2 aromatic rings. The zero-order valence-corrected chi connectivity index (χ0v) is 15.9. The SMILES string of the molecule is COc1ccc2c(c1)CCN(C(=O)CCNC(C)=O)C2Cc1ccccc1. The number of carbonyl (C=O) groups excluding carboxylic acids is 2. The summed E-state index contributed by atoms with van der Waals surface area (Å²) in [4.78, 5) is 25.9. The van der Waals surface area contributed by atoms with Gasteiger partial charge in [-0.05, 0) is 41.7 Å². The number of fused-ring (bicyclic) bond motifs is 1. The van der Waals surface area contributed by atoms with Gasteiger partial charge in [-0.25, -0.2) is 0 Å². The number of hydrogen-bond acceptors (Lipinski definition) is 3. The summed E-state index contributed by atoms with van der Waals surface area (Å²) >= 11 is 0. The molecule has 1 N–H and O–H groups in total. The van der Waals surface area contributed by atoms with Crippen LogP contribution in [0.2, 0.25) is 0 Å². The third kappa shape index (κ3) is 4.67. The molecule has 3 rings (SSSR count). The van der Waals surface area contributed by atoms with Gasteiger partial charge in [-0.2, -0.15) is 0 Å². The standard InChI is InChI=1S/C22H26N2O3/c1-16(25)23-12-10-22(26)24-13-11-18-15-19(27-2)8-9-20(18)21(24)14-17-6-4-3-5-7-17/h3-9,15,21H,10-14H2,1-2H3,(H,23,25). The van der Waals surface area contributed by atoms with E-state index in [1.54, 1.807) is 7.11 Å². The molecule has 27 heavy (non-hydrogen) atoms. The number of methoxy groups -OCH3 is 1. The molecule has 1 unspecified atom stereocenters. The van der Waals surface area contributed by atoms with Gasteiger partial charge in [-0.15, -0.1) is 0 Å². The van der Waals surface area contributed by atoms with E-state index < -0.39 is 0 Å². The smallest absolute Gasteiger partial charge is 0.224 e. The van der Waals surface area contributed by atoms with E-state index in [1.165, 1.54) is 23.6 Å². The highest BCUT2D eigenvalue weighted by atomic mass is 16.5. The minimum atomic E-state index is -0.111. The van der Waals surface area contributed by atoms with Crippen LogP contribution in [0.25, 0.3) is 0 Å². The molecule has 0 aromatic heterocycles. The Hall–Kier alpha value is -2.82. The molecule has 0 bridgehead atoms. The van der Waals surface area contributed by atoms with Crippen molar-refractivity contribution in [3.05, 3.63) is 65.2 Å². The van der Waals surface area contributed by atoms with Gasteiger partial charge < -0.3 is 15.0 Å². The normalized spacial score (nSPS) is 15.8. The van der Waals surface area contributed by atoms with Gasteiger partial charge in [0.1, 0.15) is 5.75 Å². The van der Waals surface area contributed by atoms with Gasteiger partial charge in [0.15, 0.2) is 0 Å². The van der Waals surface area contributed by atoms with Crippen molar-refractivity contribution >= 4 is 11.8 Å². The highest BCUT2D eigenvalue weighted by Gasteiger charge is 2.30. The van der Waals surface area contributed by atoms with Crippen molar-refractivity contribution in [3.63, 3.8) is 0 Å². The number of nitrogens with zero attached hydrogens (tertiary/aromatic N) is 1. The molecule has 142 valence electrons. The molecule has 5 nitrogen and oxygen atoms in total. The largest absolute Gasteiger partial charge is 0.497 e. The molecule has 1 aliphatic heterocycles. The van der Waals surface area contributed by atoms with Crippen LogP contribution in [0, 0.1) is 0 Å². The summed E-state index contributed by atoms with van der Waals surface area (Å²) < 4.78 is 5.36. The molecule has 0 radical (unpaired) electrons. The lowest BCUT2D eigenvalue weighted by Gasteiger charge is -2.38. The van der Waals surface area contributed by atoms with Gasteiger partial charge in [0, 0.05) is 26.4 Å². The molecule has 0 aliphatic carbocycles. The molecule has 0 saturated carbocycles. The van der Waals surface area contributed by atoms with Gasteiger partial charge in [-0.1, -0.05) is 36.4 Å². The van der Waals surface area contributed by atoms with E-state index in [9.17, 15) is 9.59 Å². The van der Waals surface area contributed by atoms with E-state index in [1.807, 2.05) is 29.2 Å². The summed E-state index contributed by atoms with van der Waals surface area (Å²) in [7, 11) is 1.67. The summed E-state index contributed by atoms with van der Waals surface area (Å²) in [6.07, 6.45) is 1.89. The Balaban J connectivity index is 1.85. The highest BCUT2D eigenvalue weighted by molar-refractivity contribution is 5.79. The highest BCUT2D eigenvalue weighted by Crippen LogP contribution is 2.34. The first-order chi connectivity index (χ1) is 13.1. The average Bonchev–Trinajstić information content (AvgIpc) is 2.68. The topological polar surface area (TPSA) is 58.6 Å². The maximum absolute atomic E-state index is 12.9. The Morgan fingerprint density at radius 1 is 1.19 bits per heavy atom. The van der Waals surface area contributed by atoms with Gasteiger partial charge in [0.25, 0.3) is 0 Å². The number of nitrogens with one attached hydrogen (secondary N) is 1. The van der Waals surface area contributed by atoms with Crippen LogP contribution in [-0.2, 0) is 22.4 Å². The maximum atomic E-state index is 12.9. The van der Waals surface area contributed by atoms with Crippen LogP contribution >= 0.6 is 0 Å². The quantitative estimate of drug-likeness (QED) is 0.855. The Morgan fingerprint density at radius 3 is 2.67 bits per heavy atom. The lowest BCUT2D eigenvalue weighted by atomic mass is 9.88. The summed E-state index contributed by atoms with van der Waals surface area (Å²) in [6.45, 7) is 2.52. The van der Waals surface area contributed by atoms with Crippen LogP contribution in [0.1, 0.15) is 36.1 Å². The zero-order valence-electron chi connectivity index (χ0n) is 15.9. The van der Waals surface area contributed by atoms with Gasteiger partial charge in [0.2, 0.25) is 11.8 Å². The molecule has 2 aromatic carbocycles. The minimum absolute atomic E-state index is 0.00751. The van der Waals surface area contributed by atoms with Crippen LogP contribution in [0.4, 0.5) is 0 Å². The van der Waals surface area contributed by atoms with Crippen molar-refractivity contribution in [2.75, 3.05) is 20.2 Å². The van der Waals surface area contributed by atoms with Crippen LogP contribution in [0.3, 0.4) is 0 Å². The van der Waals surface area contributed by atoms with E-state index in [4.69, 9.17) is 4.74 Å². The first kappa shape index (κ1) is 19.0. The molecular weight excluding hydrogens is 340 g/mol. The summed E-state index contributed by atoms with van der Waals surface area (Å²) in [5, 5.41) is 2.71. The number of ether oxygens (including phenoxy) is 1. The third-order valence-corrected chi connectivity index (χ3v) is 5.01. The molecule has 1 atom stereocenters. The van der Waals surface area contributed by atoms with Crippen molar-refractivity contribution in [1.29, 1.82) is 0 Å². The third-order valence-electron chi connectivity index (χ3n) is 5.01. The lowest BCUT2D eigenvalue weighted by Crippen LogP contribution is -2.42. The first-order valence-corrected chi connectivity index (χ1v) is 9.33. The van der Waals surface area contributed by atoms with Crippen LogP contribution in [0.5, 0.6) is 5.75 Å². The molecule has 1 aliphatic rings. The molecule has 1 heterocycles.